The van der Waals surface area contributed by atoms with Crippen LogP contribution >= 0.6 is 0 Å². The Labute approximate surface area is 324 Å². The van der Waals surface area contributed by atoms with Crippen molar-refractivity contribution >= 4 is 29.1 Å². The average Bonchev–Trinajstić information content (AvgIpc) is 4.07. The topological polar surface area (TPSA) is 149 Å². The number of carbonyl (C=O) groups excluding carboxylic acids is 3. The van der Waals surface area contributed by atoms with Crippen LogP contribution in [0.15, 0.2) is 53.7 Å². The number of primary amides is 1. The van der Waals surface area contributed by atoms with E-state index in [0.29, 0.717) is 67.4 Å². The summed E-state index contributed by atoms with van der Waals surface area (Å²) in [6.07, 6.45) is 12.0. The summed E-state index contributed by atoms with van der Waals surface area (Å²) in [5, 5.41) is 14.9. The molecule has 3 amide bonds. The molecule has 294 valence electrons. The van der Waals surface area contributed by atoms with Gasteiger partial charge in [0.2, 0.25) is 5.91 Å². The summed E-state index contributed by atoms with van der Waals surface area (Å²) >= 11 is 0. The Morgan fingerprint density at radius 1 is 0.764 bits per heavy atom. The lowest BCUT2D eigenvalue weighted by Gasteiger charge is -2.41. The minimum atomic E-state index is -0.575. The number of nitrogens with two attached hydrogens (primary N) is 2. The van der Waals surface area contributed by atoms with Crippen molar-refractivity contribution in [3.63, 3.8) is 0 Å². The van der Waals surface area contributed by atoms with Crippen LogP contribution in [0.1, 0.15) is 102 Å². The number of likely N-dealkylation sites (tertiary alicyclic amines) is 2. The molecule has 3 heterocycles. The number of carbonyl (C=O) groups is 3. The number of benzene rings is 2. The van der Waals surface area contributed by atoms with Crippen LogP contribution in [-0.2, 0) is 16.0 Å². The molecule has 12 heteroatoms. The molecule has 2 aromatic rings. The quantitative estimate of drug-likeness (QED) is 0.282. The van der Waals surface area contributed by atoms with Crippen LogP contribution in [0.25, 0.3) is 0 Å². The second-order valence-electron chi connectivity index (χ2n) is 16.1. The molecule has 11 nitrogen and oxygen atoms in total. The minimum absolute atomic E-state index is 0.0296. The number of allylic oxidation sites excluding steroid dienone is 1. The maximum absolute atomic E-state index is 15.1. The number of hydrogen-bond donors (Lipinski definition) is 3. The molecule has 2 aromatic carbocycles. The first kappa shape index (κ1) is 38.8. The number of halogens is 1. The van der Waals surface area contributed by atoms with Crippen molar-refractivity contribution in [3.05, 3.63) is 81.8 Å². The highest BCUT2D eigenvalue weighted by atomic mass is 19.1. The highest BCUT2D eigenvalue weighted by molar-refractivity contribution is 6.38. The number of piperazine rings is 1. The Balaban J connectivity index is 0.855. The first-order valence-corrected chi connectivity index (χ1v) is 20.4. The van der Waals surface area contributed by atoms with Gasteiger partial charge >= 0.3 is 0 Å². The fourth-order valence-corrected chi connectivity index (χ4v) is 8.89. The van der Waals surface area contributed by atoms with Gasteiger partial charge in [0.15, 0.2) is 5.71 Å². The standard InChI is InChI=1S/C43H56FN7O4/c44-37-13-10-29(27-38(45)34-8-4-5-9-35(34)41(47)52)26-36(37)42(53)51-24-22-49(23-25-51)39(30-11-12-30)28-48-18-14-32(15-19-48)55-33-16-20-50(21-17-33)43(54)40(46)31-6-2-1-3-7-31/h4-5,8-10,13,26,31-33,45-46H,1-3,6-7,11-12,14-25,27-28H2,(H2,47,52)/p+1. The van der Waals surface area contributed by atoms with Gasteiger partial charge in [-0.25, -0.2) is 4.39 Å². The number of ether oxygens (including phenoxy) is 1. The lowest BCUT2D eigenvalue weighted by Crippen LogP contribution is -2.50. The zero-order chi connectivity index (χ0) is 38.5. The molecule has 5 N–H and O–H groups in total. The highest BCUT2D eigenvalue weighted by Gasteiger charge is 2.33. The molecule has 5 fully saturated rings. The second kappa shape index (κ2) is 17.6. The summed E-state index contributed by atoms with van der Waals surface area (Å²) in [6, 6.07) is 11.4. The molecule has 55 heavy (non-hydrogen) atoms. The third-order valence-electron chi connectivity index (χ3n) is 12.3. The Morgan fingerprint density at radius 2 is 1.38 bits per heavy atom. The van der Waals surface area contributed by atoms with E-state index in [1.54, 1.807) is 41.3 Å². The highest BCUT2D eigenvalue weighted by Crippen LogP contribution is 2.35. The molecule has 3 saturated heterocycles. The molecule has 7 rings (SSSR count). The van der Waals surface area contributed by atoms with Crippen molar-refractivity contribution in [1.29, 1.82) is 5.41 Å². The number of rotatable bonds is 12. The van der Waals surface area contributed by atoms with Gasteiger partial charge in [-0.2, -0.15) is 0 Å². The molecule has 5 aliphatic rings. The van der Waals surface area contributed by atoms with Crippen molar-refractivity contribution < 1.29 is 28.9 Å². The summed E-state index contributed by atoms with van der Waals surface area (Å²) < 4.78 is 21.6. The number of nitrogens with zero attached hydrogens (tertiary/aromatic N) is 4. The fourth-order valence-electron chi connectivity index (χ4n) is 8.89. The minimum Gasteiger partial charge on any atom is -0.375 e. The van der Waals surface area contributed by atoms with E-state index in [-0.39, 0.29) is 41.9 Å². The number of hydrogen-bond acceptors (Lipinski definition) is 7. The van der Waals surface area contributed by atoms with E-state index in [1.807, 2.05) is 4.90 Å². The molecule has 2 aliphatic carbocycles. The SMILES string of the molecule is N=C(C(=O)N1CCC(OC2CCN(CC(=C3CC3)N3CCN(C(=O)c4cc(CC(=[NH2+])c5ccccc5C(N)=O)ccc4F)CC3)CC2)CC1)C1CCCCC1. The van der Waals surface area contributed by atoms with Crippen LogP contribution in [-0.4, -0.2) is 120 Å². The van der Waals surface area contributed by atoms with Gasteiger partial charge in [-0.3, -0.25) is 30.1 Å². The Kier molecular flexibility index (Phi) is 12.4. The lowest BCUT2D eigenvalue weighted by atomic mass is 9.85. The van der Waals surface area contributed by atoms with Gasteiger partial charge in [0.25, 0.3) is 11.8 Å². The Bertz CT molecular complexity index is 1790. The summed E-state index contributed by atoms with van der Waals surface area (Å²) in [5.41, 5.74) is 10.7. The molecule has 0 radical (unpaired) electrons. The number of amides is 3. The van der Waals surface area contributed by atoms with Crippen molar-refractivity contribution in [2.24, 2.45) is 11.7 Å². The van der Waals surface area contributed by atoms with Crippen molar-refractivity contribution in [1.82, 2.24) is 19.6 Å². The molecule has 2 saturated carbocycles. The Morgan fingerprint density at radius 3 is 2.02 bits per heavy atom. The summed E-state index contributed by atoms with van der Waals surface area (Å²) in [6.45, 7) is 6.65. The predicted octanol–water partition coefficient (Wildman–Crippen LogP) is 3.59. The van der Waals surface area contributed by atoms with Crippen molar-refractivity contribution in [2.75, 3.05) is 58.9 Å². The van der Waals surface area contributed by atoms with E-state index in [9.17, 15) is 14.4 Å². The fraction of sp³-hybridized carbons (Fsp3) is 0.558. The van der Waals surface area contributed by atoms with Crippen LogP contribution in [0.5, 0.6) is 0 Å². The summed E-state index contributed by atoms with van der Waals surface area (Å²) in [7, 11) is 0. The van der Waals surface area contributed by atoms with Crippen LogP contribution in [0.3, 0.4) is 0 Å². The third-order valence-corrected chi connectivity index (χ3v) is 12.3. The average molecular weight is 755 g/mol. The van der Waals surface area contributed by atoms with Crippen LogP contribution < -0.4 is 11.1 Å². The maximum atomic E-state index is 15.1. The van der Waals surface area contributed by atoms with Gasteiger partial charge in [-0.15, -0.1) is 0 Å². The van der Waals surface area contributed by atoms with E-state index in [1.165, 1.54) is 23.8 Å². The molecule has 0 atom stereocenters. The summed E-state index contributed by atoms with van der Waals surface area (Å²) in [4.78, 5) is 47.1. The third kappa shape index (κ3) is 9.52. The first-order valence-electron chi connectivity index (χ1n) is 20.4. The number of nitrogens with one attached hydrogen (secondary N) is 1. The van der Waals surface area contributed by atoms with E-state index in [2.05, 4.69) is 9.80 Å². The molecular weight excluding hydrogens is 698 g/mol. The zero-order valence-corrected chi connectivity index (χ0v) is 32.1. The van der Waals surface area contributed by atoms with Gasteiger partial charge in [0.05, 0.1) is 41.0 Å². The maximum Gasteiger partial charge on any atom is 0.267 e. The predicted molar refractivity (Wildman–Crippen MR) is 209 cm³/mol. The van der Waals surface area contributed by atoms with Gasteiger partial charge in [0, 0.05) is 70.5 Å². The summed E-state index contributed by atoms with van der Waals surface area (Å²) in [5.74, 6) is -1.38. The molecule has 3 aliphatic heterocycles. The molecular formula is C43H57FN7O4+. The van der Waals surface area contributed by atoms with Gasteiger partial charge in [-0.05, 0) is 86.8 Å². The van der Waals surface area contributed by atoms with Gasteiger partial charge in [0.1, 0.15) is 5.82 Å². The second-order valence-corrected chi connectivity index (χ2v) is 16.1. The Hall–Kier alpha value is -4.42. The largest absolute Gasteiger partial charge is 0.375 e. The van der Waals surface area contributed by atoms with E-state index >= 15 is 4.39 Å². The van der Waals surface area contributed by atoms with Crippen molar-refractivity contribution in [2.45, 2.75) is 89.3 Å². The van der Waals surface area contributed by atoms with E-state index < -0.39 is 11.7 Å². The molecule has 0 unspecified atom stereocenters. The smallest absolute Gasteiger partial charge is 0.267 e. The zero-order valence-electron chi connectivity index (χ0n) is 32.1. The van der Waals surface area contributed by atoms with Crippen LogP contribution in [0, 0.1) is 17.1 Å². The molecule has 0 spiro atoms. The first-order chi connectivity index (χ1) is 26.6. The van der Waals surface area contributed by atoms with Crippen LogP contribution in [0.4, 0.5) is 4.39 Å². The number of piperidine rings is 2. The van der Waals surface area contributed by atoms with Gasteiger partial charge in [-0.1, -0.05) is 37.5 Å². The normalized spacial score (nSPS) is 20.4. The lowest BCUT2D eigenvalue weighted by molar-refractivity contribution is -0.128. The van der Waals surface area contributed by atoms with Crippen LogP contribution in [0.2, 0.25) is 0 Å². The molecule has 0 aromatic heterocycles. The monoisotopic (exact) mass is 754 g/mol. The van der Waals surface area contributed by atoms with Gasteiger partial charge < -0.3 is 25.2 Å². The van der Waals surface area contributed by atoms with E-state index in [0.717, 1.165) is 83.8 Å². The van der Waals surface area contributed by atoms with Crippen molar-refractivity contribution in [3.8, 4) is 0 Å². The van der Waals surface area contributed by atoms with E-state index in [4.69, 9.17) is 21.3 Å². The molecule has 0 bridgehead atoms.